The van der Waals surface area contributed by atoms with E-state index >= 15 is 0 Å². The van der Waals surface area contributed by atoms with Crippen LogP contribution in [-0.4, -0.2) is 12.8 Å². The van der Waals surface area contributed by atoms with Crippen molar-refractivity contribution < 1.29 is 9.47 Å². The molecule has 0 fully saturated rings. The second-order valence-corrected chi connectivity index (χ2v) is 12.4. The van der Waals surface area contributed by atoms with Gasteiger partial charge in [0.1, 0.15) is 6.61 Å². The van der Waals surface area contributed by atoms with Crippen molar-refractivity contribution in [3.8, 4) is 11.5 Å². The molecule has 0 amide bonds. The third kappa shape index (κ3) is 6.14. The van der Waals surface area contributed by atoms with Crippen LogP contribution in [0.2, 0.25) is 0 Å². The highest BCUT2D eigenvalue weighted by atomic mass is 79.9. The average molecular weight is 672 g/mol. The molecule has 0 bridgehead atoms. The quantitative estimate of drug-likeness (QED) is 0.150. The van der Waals surface area contributed by atoms with Gasteiger partial charge in [-0.25, -0.2) is 0 Å². The normalized spacial score (nSPS) is 19.1. The van der Waals surface area contributed by atoms with E-state index in [9.17, 15) is 0 Å². The van der Waals surface area contributed by atoms with E-state index in [1.165, 1.54) is 22.4 Å². The van der Waals surface area contributed by atoms with E-state index in [2.05, 4.69) is 98.7 Å². The molecule has 0 saturated carbocycles. The van der Waals surface area contributed by atoms with Gasteiger partial charge < -0.3 is 14.8 Å². The number of nitrogens with one attached hydrogen (secondary N) is 1. The average Bonchev–Trinajstić information content (AvgIpc) is 3.47. The highest BCUT2D eigenvalue weighted by molar-refractivity contribution is 9.10. The summed E-state index contributed by atoms with van der Waals surface area (Å²) < 4.78 is 14.0. The van der Waals surface area contributed by atoms with E-state index < -0.39 is 0 Å². The first kappa shape index (κ1) is 27.8. The summed E-state index contributed by atoms with van der Waals surface area (Å²) in [6.07, 6.45) is 7.69. The number of ether oxygens (including phenoxy) is 2. The minimum Gasteiger partial charge on any atom is -0.490 e. The van der Waals surface area contributed by atoms with Crippen LogP contribution in [0.3, 0.4) is 0 Å². The number of aryl methyl sites for hydroxylation is 1. The van der Waals surface area contributed by atoms with Crippen LogP contribution in [0.1, 0.15) is 53.1 Å². The summed E-state index contributed by atoms with van der Waals surface area (Å²) in [6, 6.07) is 27.7. The molecule has 4 aromatic rings. The number of aliphatic imine (C=N–C) groups is 1. The monoisotopic (exact) mass is 670 g/mol. The molecule has 4 nitrogen and oxygen atoms in total. The zero-order chi connectivity index (χ0) is 28.3. The third-order valence-corrected chi connectivity index (χ3v) is 8.88. The van der Waals surface area contributed by atoms with Gasteiger partial charge in [0.05, 0.1) is 22.8 Å². The molecule has 1 aliphatic carbocycles. The van der Waals surface area contributed by atoms with Crippen LogP contribution >= 0.6 is 31.9 Å². The van der Waals surface area contributed by atoms with E-state index in [4.69, 9.17) is 14.5 Å². The Morgan fingerprint density at radius 2 is 1.76 bits per heavy atom. The SMILES string of the molecule is CCOc1cc(C=Nc2ccc([C@@H]3Nc4ccc(C)cc4[C@@H]4C=CC[C@H]43)cc2)cc(Br)c1OCc1ccc(Br)cc1. The smallest absolute Gasteiger partial charge is 0.175 e. The van der Waals surface area contributed by atoms with E-state index in [0.717, 1.165) is 32.2 Å². The minimum atomic E-state index is 0.276. The van der Waals surface area contributed by atoms with Gasteiger partial charge >= 0.3 is 0 Å². The summed E-state index contributed by atoms with van der Waals surface area (Å²) in [5.74, 6) is 2.37. The maximum Gasteiger partial charge on any atom is 0.175 e. The molecule has 41 heavy (non-hydrogen) atoms. The molecule has 1 heterocycles. The second kappa shape index (κ2) is 12.3. The molecule has 0 radical (unpaired) electrons. The summed E-state index contributed by atoms with van der Waals surface area (Å²) >= 11 is 7.16. The molecule has 1 N–H and O–H groups in total. The van der Waals surface area contributed by atoms with Crippen LogP contribution < -0.4 is 14.8 Å². The Morgan fingerprint density at radius 3 is 2.54 bits per heavy atom. The standard InChI is InChI=1S/C35H32Br2N2O2/c1-3-40-33-19-24(18-31(37)35(33)41-21-23-8-12-26(36)13-9-23)20-38-27-14-10-25(11-15-27)34-29-6-4-5-28(29)30-17-22(2)7-16-32(30)39-34/h4-5,7-20,28-29,34,39H,3,6,21H2,1-2H3/t28-,29-,34+/m1/s1. The Hall–Kier alpha value is -3.35. The first-order valence-electron chi connectivity index (χ1n) is 14.0. The molecule has 0 aromatic heterocycles. The lowest BCUT2D eigenvalue weighted by Gasteiger charge is -2.37. The molecule has 0 saturated heterocycles. The van der Waals surface area contributed by atoms with E-state index in [-0.39, 0.29) is 6.04 Å². The number of halogens is 2. The zero-order valence-corrected chi connectivity index (χ0v) is 26.3. The van der Waals surface area contributed by atoms with Crippen LogP contribution in [-0.2, 0) is 6.61 Å². The van der Waals surface area contributed by atoms with Crippen molar-refractivity contribution in [1.29, 1.82) is 0 Å². The summed E-state index contributed by atoms with van der Waals surface area (Å²) in [5.41, 5.74) is 8.20. The van der Waals surface area contributed by atoms with Gasteiger partial charge in [-0.3, -0.25) is 4.99 Å². The molecular formula is C35H32Br2N2O2. The Bertz CT molecular complexity index is 1600. The van der Waals surface area contributed by atoms with E-state index in [1.807, 2.05) is 49.5 Å². The minimum absolute atomic E-state index is 0.276. The Labute approximate surface area is 258 Å². The van der Waals surface area contributed by atoms with Crippen molar-refractivity contribution in [3.05, 3.63) is 128 Å². The van der Waals surface area contributed by atoms with Crippen molar-refractivity contribution in [2.45, 2.75) is 38.8 Å². The maximum absolute atomic E-state index is 6.15. The van der Waals surface area contributed by atoms with Crippen molar-refractivity contribution in [2.24, 2.45) is 10.9 Å². The number of nitrogens with zero attached hydrogens (tertiary/aromatic N) is 1. The number of allylic oxidation sites excluding steroid dienone is 2. The predicted molar refractivity (Wildman–Crippen MR) is 175 cm³/mol. The van der Waals surface area contributed by atoms with Gasteiger partial charge in [-0.05, 0) is 107 Å². The molecule has 0 unspecified atom stereocenters. The second-order valence-electron chi connectivity index (χ2n) is 10.6. The van der Waals surface area contributed by atoms with Gasteiger partial charge in [-0.2, -0.15) is 0 Å². The van der Waals surface area contributed by atoms with Crippen LogP contribution in [0.4, 0.5) is 11.4 Å². The lowest BCUT2D eigenvalue weighted by atomic mass is 9.76. The van der Waals surface area contributed by atoms with E-state index in [1.54, 1.807) is 0 Å². The van der Waals surface area contributed by atoms with Crippen LogP contribution in [0, 0.1) is 12.8 Å². The summed E-state index contributed by atoms with van der Waals surface area (Å²) in [7, 11) is 0. The summed E-state index contributed by atoms with van der Waals surface area (Å²) in [6.45, 7) is 5.13. The lowest BCUT2D eigenvalue weighted by Crippen LogP contribution is -2.29. The van der Waals surface area contributed by atoms with Gasteiger partial charge in [0.2, 0.25) is 0 Å². The summed E-state index contributed by atoms with van der Waals surface area (Å²) in [4.78, 5) is 4.77. The molecule has 208 valence electrons. The number of fused-ring (bicyclic) bond motifs is 3. The maximum atomic E-state index is 6.15. The number of benzene rings is 4. The molecule has 4 aromatic carbocycles. The molecule has 3 atom stereocenters. The van der Waals surface area contributed by atoms with Gasteiger partial charge in [0.15, 0.2) is 11.5 Å². The van der Waals surface area contributed by atoms with E-state index in [0.29, 0.717) is 36.5 Å². The van der Waals surface area contributed by atoms with Crippen molar-refractivity contribution in [3.63, 3.8) is 0 Å². The van der Waals surface area contributed by atoms with Crippen molar-refractivity contribution in [2.75, 3.05) is 11.9 Å². The van der Waals surface area contributed by atoms with Gasteiger partial charge in [0, 0.05) is 22.3 Å². The van der Waals surface area contributed by atoms with Crippen LogP contribution in [0.15, 0.2) is 105 Å². The van der Waals surface area contributed by atoms with Crippen LogP contribution in [0.5, 0.6) is 11.5 Å². The Balaban J connectivity index is 1.17. The molecule has 2 aliphatic rings. The zero-order valence-electron chi connectivity index (χ0n) is 23.1. The third-order valence-electron chi connectivity index (χ3n) is 7.76. The number of anilines is 1. The first-order valence-corrected chi connectivity index (χ1v) is 15.6. The van der Waals surface area contributed by atoms with Gasteiger partial charge in [-0.15, -0.1) is 0 Å². The molecule has 6 rings (SSSR count). The van der Waals surface area contributed by atoms with Gasteiger partial charge in [0.25, 0.3) is 0 Å². The fraction of sp³-hybridized carbons (Fsp3) is 0.229. The van der Waals surface area contributed by atoms with Crippen molar-refractivity contribution in [1.82, 2.24) is 0 Å². The topological polar surface area (TPSA) is 42.8 Å². The number of hydrogen-bond donors (Lipinski definition) is 1. The van der Waals surface area contributed by atoms with Crippen LogP contribution in [0.25, 0.3) is 0 Å². The first-order chi connectivity index (χ1) is 20.0. The highest BCUT2D eigenvalue weighted by Crippen LogP contribution is 2.50. The number of rotatable bonds is 8. The largest absolute Gasteiger partial charge is 0.490 e. The molecule has 6 heteroatoms. The summed E-state index contributed by atoms with van der Waals surface area (Å²) in [5, 5.41) is 3.83. The Morgan fingerprint density at radius 1 is 0.951 bits per heavy atom. The molecular weight excluding hydrogens is 640 g/mol. The molecule has 1 aliphatic heterocycles. The highest BCUT2D eigenvalue weighted by Gasteiger charge is 2.37. The lowest BCUT2D eigenvalue weighted by molar-refractivity contribution is 0.267. The fourth-order valence-electron chi connectivity index (χ4n) is 5.76. The predicted octanol–water partition coefficient (Wildman–Crippen LogP) is 10.1. The van der Waals surface area contributed by atoms with Crippen molar-refractivity contribution >= 4 is 49.4 Å². The fourth-order valence-corrected chi connectivity index (χ4v) is 6.60. The van der Waals surface area contributed by atoms with Gasteiger partial charge in [-0.1, -0.05) is 70.0 Å². The Kier molecular flexibility index (Phi) is 8.31. The molecule has 0 spiro atoms. The number of hydrogen-bond acceptors (Lipinski definition) is 4.